The summed E-state index contributed by atoms with van der Waals surface area (Å²) in [5, 5.41) is 15.9. The molecule has 1 aliphatic rings. The second-order valence-corrected chi connectivity index (χ2v) is 14.4. The molecule has 4 aromatic carbocycles. The Hall–Kier alpha value is -3.37. The summed E-state index contributed by atoms with van der Waals surface area (Å²) in [5.74, 6) is -0.0625. The van der Waals surface area contributed by atoms with Gasteiger partial charge in [-0.25, -0.2) is 0 Å². The molecule has 5 heteroatoms. The number of aliphatic hydroxyl groups is 1. The van der Waals surface area contributed by atoms with Crippen molar-refractivity contribution in [3.8, 4) is 11.3 Å². The van der Waals surface area contributed by atoms with Crippen molar-refractivity contribution in [3.05, 3.63) is 101 Å². The van der Waals surface area contributed by atoms with E-state index < -0.39 is 0 Å². The van der Waals surface area contributed by atoms with Crippen LogP contribution in [0.1, 0.15) is 71.1 Å². The van der Waals surface area contributed by atoms with Gasteiger partial charge in [-0.1, -0.05) is 62.4 Å². The second kappa shape index (κ2) is 11.9. The molecule has 1 N–H and O–H groups in total. The van der Waals surface area contributed by atoms with Crippen LogP contribution in [0.3, 0.4) is 0 Å². The fourth-order valence-electron chi connectivity index (χ4n) is 6.43. The first kappa shape index (κ1) is 32.0. The van der Waals surface area contributed by atoms with E-state index in [1.54, 1.807) is 0 Å². The van der Waals surface area contributed by atoms with Gasteiger partial charge in [0.25, 0.3) is 0 Å². The molecule has 0 amide bonds. The Labute approximate surface area is 277 Å². The topological polar surface area (TPSA) is 50.2 Å². The minimum absolute atomic E-state index is 0. The van der Waals surface area contributed by atoms with Gasteiger partial charge in [-0.05, 0) is 90.6 Å². The van der Waals surface area contributed by atoms with E-state index in [9.17, 15) is 4.79 Å². The van der Waals surface area contributed by atoms with Crippen molar-refractivity contribution < 1.29 is 30.0 Å². The van der Waals surface area contributed by atoms with Crippen molar-refractivity contribution in [2.75, 3.05) is 0 Å². The molecule has 1 radical (unpaired) electrons. The number of carbonyl (C=O) groups excluding carboxylic acids is 1. The van der Waals surface area contributed by atoms with Crippen LogP contribution in [0.2, 0.25) is 0 Å². The van der Waals surface area contributed by atoms with E-state index in [2.05, 4.69) is 101 Å². The van der Waals surface area contributed by atoms with Gasteiger partial charge in [0.1, 0.15) is 0 Å². The zero-order chi connectivity index (χ0) is 30.7. The number of hydrogen-bond acceptors (Lipinski definition) is 4. The van der Waals surface area contributed by atoms with Gasteiger partial charge in [-0.2, -0.15) is 0 Å². The van der Waals surface area contributed by atoms with E-state index in [4.69, 9.17) is 10.1 Å². The molecule has 6 aromatic rings. The van der Waals surface area contributed by atoms with Crippen molar-refractivity contribution in [1.82, 2.24) is 4.98 Å². The van der Waals surface area contributed by atoms with E-state index in [1.807, 2.05) is 17.5 Å². The van der Waals surface area contributed by atoms with Crippen molar-refractivity contribution in [3.63, 3.8) is 0 Å². The zero-order valence-corrected chi connectivity index (χ0v) is 29.6. The van der Waals surface area contributed by atoms with Gasteiger partial charge >= 0.3 is 0 Å². The first-order valence-electron chi connectivity index (χ1n) is 14.9. The second-order valence-electron chi connectivity index (χ2n) is 13.4. The summed E-state index contributed by atoms with van der Waals surface area (Å²) in [6.07, 6.45) is 5.58. The number of pyridine rings is 1. The van der Waals surface area contributed by atoms with Gasteiger partial charge in [-0.3, -0.25) is 9.78 Å². The molecule has 3 nitrogen and oxygen atoms in total. The predicted molar refractivity (Wildman–Crippen MR) is 183 cm³/mol. The quantitative estimate of drug-likeness (QED) is 0.108. The Balaban J connectivity index is 0.000000433. The van der Waals surface area contributed by atoms with E-state index >= 15 is 0 Å². The summed E-state index contributed by atoms with van der Waals surface area (Å²) in [6, 6.07) is 26.4. The smallest absolute Gasteiger partial charge is 0.155 e. The maximum atomic E-state index is 10.0. The summed E-state index contributed by atoms with van der Waals surface area (Å²) in [6.45, 7) is 14.6. The molecule has 0 aliphatic heterocycles. The number of aromatic nitrogens is 1. The summed E-state index contributed by atoms with van der Waals surface area (Å²) in [7, 11) is 0. The van der Waals surface area contributed by atoms with Gasteiger partial charge in [-0.15, -0.1) is 41.0 Å². The molecule has 0 bridgehead atoms. The molecular formula is C39H38IrNO2S-. The van der Waals surface area contributed by atoms with Crippen molar-refractivity contribution in [2.45, 2.75) is 72.1 Å². The molecule has 0 atom stereocenters. The predicted octanol–water partition coefficient (Wildman–Crippen LogP) is 10.9. The van der Waals surface area contributed by atoms with Crippen LogP contribution in [-0.4, -0.2) is 15.9 Å². The van der Waals surface area contributed by atoms with Crippen LogP contribution in [0.4, 0.5) is 0 Å². The molecule has 227 valence electrons. The van der Waals surface area contributed by atoms with Gasteiger partial charge in [0.05, 0.1) is 5.76 Å². The van der Waals surface area contributed by atoms with Gasteiger partial charge < -0.3 is 5.11 Å². The SMILES string of the molecule is CC(=O)/C=C(/C)O.Cc1ccc2ccc(-c3nccc4cc5sc6cc7c(cc6c5cc34)C(C)(C)CCC7(C)C)[c-]c2c1.[Ir]. The van der Waals surface area contributed by atoms with Crippen molar-refractivity contribution in [2.24, 2.45) is 0 Å². The van der Waals surface area contributed by atoms with Crippen LogP contribution in [0.25, 0.3) is 53.0 Å². The standard InChI is InChI=1S/C34H30NS.C5H8O2.Ir/c1-20-6-7-21-8-9-23(15-24(21)14-20)32-25-17-26-27-18-28-29(34(4,5)12-11-33(28,2)3)19-31(27)36-30(26)16-22(25)10-13-35-32;1-4(6)3-5(2)7;/h6-10,13-14,16-19H,11-12H2,1-5H3;3,6H,1-2H3;/q-1;;/b;4-3-;. The molecule has 2 aromatic heterocycles. The summed E-state index contributed by atoms with van der Waals surface area (Å²) < 4.78 is 2.75. The third kappa shape index (κ3) is 5.98. The fraction of sp³-hybridized carbons (Fsp3) is 0.282. The third-order valence-electron chi connectivity index (χ3n) is 8.90. The molecule has 0 saturated carbocycles. The maximum Gasteiger partial charge on any atom is 0.155 e. The van der Waals surface area contributed by atoms with Crippen LogP contribution in [0.15, 0.2) is 78.7 Å². The summed E-state index contributed by atoms with van der Waals surface area (Å²) >= 11 is 1.93. The van der Waals surface area contributed by atoms with E-state index in [1.165, 1.54) is 85.8 Å². The maximum absolute atomic E-state index is 10.0. The summed E-state index contributed by atoms with van der Waals surface area (Å²) in [5.41, 5.74) is 6.80. The van der Waals surface area contributed by atoms with Crippen LogP contribution < -0.4 is 0 Å². The Morgan fingerprint density at radius 3 is 2.14 bits per heavy atom. The number of rotatable bonds is 2. The number of thiophene rings is 1. The molecule has 2 heterocycles. The van der Waals surface area contributed by atoms with E-state index in [0.29, 0.717) is 0 Å². The zero-order valence-electron chi connectivity index (χ0n) is 26.4. The molecule has 0 unspecified atom stereocenters. The number of benzene rings is 4. The average Bonchev–Trinajstić information content (AvgIpc) is 3.29. The number of nitrogens with zero attached hydrogens (tertiary/aromatic N) is 1. The van der Waals surface area contributed by atoms with Gasteiger partial charge in [0, 0.05) is 58.2 Å². The average molecular weight is 777 g/mol. The Morgan fingerprint density at radius 1 is 0.841 bits per heavy atom. The fourth-order valence-corrected chi connectivity index (χ4v) is 7.59. The monoisotopic (exact) mass is 777 g/mol. The molecule has 0 spiro atoms. The van der Waals surface area contributed by atoms with E-state index in [-0.39, 0.29) is 42.5 Å². The first-order chi connectivity index (χ1) is 20.3. The van der Waals surface area contributed by atoms with Gasteiger partial charge in [0.15, 0.2) is 5.78 Å². The molecule has 0 saturated heterocycles. The number of ketones is 1. The Kier molecular flexibility index (Phi) is 8.63. The number of aliphatic hydroxyl groups excluding tert-OH is 1. The van der Waals surface area contributed by atoms with Crippen molar-refractivity contribution >= 4 is 58.8 Å². The van der Waals surface area contributed by atoms with Crippen LogP contribution in [-0.2, 0) is 35.7 Å². The molecule has 44 heavy (non-hydrogen) atoms. The minimum Gasteiger partial charge on any atom is -0.512 e. The molecular weight excluding hydrogens is 739 g/mol. The van der Waals surface area contributed by atoms with Crippen LogP contribution >= 0.6 is 11.3 Å². The molecule has 1 aliphatic carbocycles. The van der Waals surface area contributed by atoms with E-state index in [0.717, 1.165) is 16.6 Å². The number of carbonyl (C=O) groups is 1. The molecule has 7 rings (SSSR count). The minimum atomic E-state index is -0.125. The number of aryl methyl sites for hydroxylation is 1. The Bertz CT molecular complexity index is 2100. The summed E-state index contributed by atoms with van der Waals surface area (Å²) in [4.78, 5) is 14.9. The molecule has 0 fully saturated rings. The van der Waals surface area contributed by atoms with Crippen LogP contribution in [0.5, 0.6) is 0 Å². The number of hydrogen-bond donors (Lipinski definition) is 1. The number of allylic oxidation sites excluding steroid dienone is 2. The van der Waals surface area contributed by atoms with Gasteiger partial charge in [0.2, 0.25) is 0 Å². The first-order valence-corrected chi connectivity index (χ1v) is 15.7. The Morgan fingerprint density at radius 2 is 1.48 bits per heavy atom. The normalized spacial score (nSPS) is 15.5. The van der Waals surface area contributed by atoms with Crippen molar-refractivity contribution in [1.29, 1.82) is 0 Å². The third-order valence-corrected chi connectivity index (χ3v) is 10.0. The largest absolute Gasteiger partial charge is 0.512 e. The number of fused-ring (bicyclic) bond motifs is 6. The van der Waals surface area contributed by atoms with Crippen LogP contribution in [0, 0.1) is 13.0 Å².